The summed E-state index contributed by atoms with van der Waals surface area (Å²) >= 11 is 0. The van der Waals surface area contributed by atoms with Gasteiger partial charge in [-0.2, -0.15) is 0 Å². The van der Waals surface area contributed by atoms with Crippen molar-refractivity contribution < 1.29 is 19.0 Å². The number of nitrogens with two attached hydrogens (primary N) is 1. The van der Waals surface area contributed by atoms with Crippen LogP contribution in [0.1, 0.15) is 11.7 Å². The minimum atomic E-state index is -0.920. The molecule has 1 amide bonds. The van der Waals surface area contributed by atoms with Crippen LogP contribution in [0.4, 0.5) is 0 Å². The molecule has 0 bridgehead atoms. The minimum Gasteiger partial charge on any atom is -0.497 e. The van der Waals surface area contributed by atoms with Crippen molar-refractivity contribution in [2.45, 2.75) is 6.10 Å². The van der Waals surface area contributed by atoms with Crippen LogP contribution in [0.3, 0.4) is 0 Å². The largest absolute Gasteiger partial charge is 0.497 e. The molecule has 1 atom stereocenters. The van der Waals surface area contributed by atoms with E-state index in [1.807, 2.05) is 18.2 Å². The second-order valence-electron chi connectivity index (χ2n) is 4.36. The maximum Gasteiger partial charge on any atom is 0.263 e. The highest BCUT2D eigenvalue weighted by atomic mass is 16.5. The van der Waals surface area contributed by atoms with Crippen molar-refractivity contribution in [1.29, 1.82) is 0 Å². The molecule has 0 radical (unpaired) electrons. The van der Waals surface area contributed by atoms with E-state index in [1.54, 1.807) is 30.3 Å². The normalized spacial score (nSPS) is 11.5. The third kappa shape index (κ3) is 3.66. The molecule has 0 aliphatic carbocycles. The average molecular weight is 287 g/mol. The lowest BCUT2D eigenvalue weighted by molar-refractivity contribution is -0.125. The number of para-hydroxylation sites is 1. The lowest BCUT2D eigenvalue weighted by Gasteiger charge is -2.18. The number of rotatable bonds is 6. The molecule has 110 valence electrons. The van der Waals surface area contributed by atoms with Gasteiger partial charge in [0, 0.05) is 11.6 Å². The molecule has 5 nitrogen and oxygen atoms in total. The standard InChI is InChI=1S/C16H17NO4/c1-19-13-8-11(9-14(10-13)20-2)15(16(17)18)21-12-6-4-3-5-7-12/h3-10,15H,1-2H3,(H2,17,18). The zero-order valence-corrected chi connectivity index (χ0v) is 11.9. The van der Waals surface area contributed by atoms with E-state index in [4.69, 9.17) is 19.9 Å². The van der Waals surface area contributed by atoms with Crippen molar-refractivity contribution in [1.82, 2.24) is 0 Å². The van der Waals surface area contributed by atoms with Crippen LogP contribution in [0.25, 0.3) is 0 Å². The van der Waals surface area contributed by atoms with Crippen LogP contribution >= 0.6 is 0 Å². The Morgan fingerprint density at radius 3 is 2.00 bits per heavy atom. The van der Waals surface area contributed by atoms with E-state index in [-0.39, 0.29) is 0 Å². The van der Waals surface area contributed by atoms with Crippen molar-refractivity contribution >= 4 is 5.91 Å². The fourth-order valence-corrected chi connectivity index (χ4v) is 1.91. The van der Waals surface area contributed by atoms with E-state index in [0.29, 0.717) is 22.8 Å². The Morgan fingerprint density at radius 2 is 1.52 bits per heavy atom. The van der Waals surface area contributed by atoms with E-state index in [1.165, 1.54) is 14.2 Å². The first-order valence-corrected chi connectivity index (χ1v) is 6.38. The van der Waals surface area contributed by atoms with Gasteiger partial charge < -0.3 is 19.9 Å². The third-order valence-electron chi connectivity index (χ3n) is 2.93. The number of ether oxygens (including phenoxy) is 3. The SMILES string of the molecule is COc1cc(OC)cc(C(Oc2ccccc2)C(N)=O)c1. The van der Waals surface area contributed by atoms with Gasteiger partial charge in [0.2, 0.25) is 6.10 Å². The Labute approximate surface area is 123 Å². The lowest BCUT2D eigenvalue weighted by Crippen LogP contribution is -2.26. The second-order valence-corrected chi connectivity index (χ2v) is 4.36. The van der Waals surface area contributed by atoms with Gasteiger partial charge >= 0.3 is 0 Å². The summed E-state index contributed by atoms with van der Waals surface area (Å²) in [5, 5.41) is 0. The quantitative estimate of drug-likeness (QED) is 0.885. The van der Waals surface area contributed by atoms with Crippen LogP contribution in [-0.2, 0) is 4.79 Å². The molecule has 1 unspecified atom stereocenters. The van der Waals surface area contributed by atoms with Gasteiger partial charge in [-0.05, 0) is 24.3 Å². The van der Waals surface area contributed by atoms with Crippen molar-refractivity contribution in [3.05, 3.63) is 54.1 Å². The number of carbonyl (C=O) groups is 1. The Balaban J connectivity index is 2.36. The smallest absolute Gasteiger partial charge is 0.263 e. The second kappa shape index (κ2) is 6.65. The van der Waals surface area contributed by atoms with Gasteiger partial charge in [0.05, 0.1) is 14.2 Å². The molecule has 0 saturated heterocycles. The molecular weight excluding hydrogens is 270 g/mol. The van der Waals surface area contributed by atoms with Gasteiger partial charge in [0.1, 0.15) is 17.2 Å². The summed E-state index contributed by atoms with van der Waals surface area (Å²) in [7, 11) is 3.08. The highest BCUT2D eigenvalue weighted by Gasteiger charge is 2.21. The summed E-state index contributed by atoms with van der Waals surface area (Å²) in [4.78, 5) is 11.7. The van der Waals surface area contributed by atoms with E-state index in [0.717, 1.165) is 0 Å². The molecular formula is C16H17NO4. The van der Waals surface area contributed by atoms with Gasteiger partial charge in [-0.3, -0.25) is 4.79 Å². The maximum atomic E-state index is 11.7. The Bertz CT molecular complexity index is 591. The Kier molecular flexibility index (Phi) is 4.66. The molecule has 2 aromatic carbocycles. The number of carbonyl (C=O) groups excluding carboxylic acids is 1. The first-order valence-electron chi connectivity index (χ1n) is 6.38. The number of hydrogen-bond donors (Lipinski definition) is 1. The fourth-order valence-electron chi connectivity index (χ4n) is 1.91. The van der Waals surface area contributed by atoms with Crippen molar-refractivity contribution in [3.8, 4) is 17.2 Å². The Morgan fingerprint density at radius 1 is 0.952 bits per heavy atom. The van der Waals surface area contributed by atoms with Gasteiger partial charge in [0.15, 0.2) is 0 Å². The molecule has 0 aromatic heterocycles. The molecule has 0 aliphatic heterocycles. The zero-order chi connectivity index (χ0) is 15.2. The van der Waals surface area contributed by atoms with Crippen molar-refractivity contribution in [2.24, 2.45) is 5.73 Å². The van der Waals surface area contributed by atoms with Crippen LogP contribution in [0, 0.1) is 0 Å². The van der Waals surface area contributed by atoms with Gasteiger partial charge in [-0.15, -0.1) is 0 Å². The van der Waals surface area contributed by atoms with Crippen LogP contribution in [-0.4, -0.2) is 20.1 Å². The van der Waals surface area contributed by atoms with Crippen LogP contribution in [0.2, 0.25) is 0 Å². The lowest BCUT2D eigenvalue weighted by atomic mass is 10.1. The van der Waals surface area contributed by atoms with Gasteiger partial charge in [-0.25, -0.2) is 0 Å². The van der Waals surface area contributed by atoms with Crippen molar-refractivity contribution in [2.75, 3.05) is 14.2 Å². The van der Waals surface area contributed by atoms with Crippen molar-refractivity contribution in [3.63, 3.8) is 0 Å². The van der Waals surface area contributed by atoms with Crippen LogP contribution in [0.5, 0.6) is 17.2 Å². The van der Waals surface area contributed by atoms with Gasteiger partial charge in [-0.1, -0.05) is 18.2 Å². The maximum absolute atomic E-state index is 11.7. The molecule has 2 rings (SSSR count). The molecule has 0 saturated carbocycles. The third-order valence-corrected chi connectivity index (χ3v) is 2.93. The number of amides is 1. The van der Waals surface area contributed by atoms with Crippen LogP contribution in [0.15, 0.2) is 48.5 Å². The minimum absolute atomic E-state index is 0.558. The number of primary amides is 1. The van der Waals surface area contributed by atoms with Gasteiger partial charge in [0.25, 0.3) is 5.91 Å². The monoisotopic (exact) mass is 287 g/mol. The molecule has 5 heteroatoms. The zero-order valence-electron chi connectivity index (χ0n) is 11.9. The number of benzene rings is 2. The first kappa shape index (κ1) is 14.7. The average Bonchev–Trinajstić information content (AvgIpc) is 2.52. The van der Waals surface area contributed by atoms with E-state index < -0.39 is 12.0 Å². The highest BCUT2D eigenvalue weighted by Crippen LogP contribution is 2.29. The molecule has 2 aromatic rings. The number of hydrogen-bond acceptors (Lipinski definition) is 4. The summed E-state index contributed by atoms with van der Waals surface area (Å²) in [5.74, 6) is 1.09. The summed E-state index contributed by atoms with van der Waals surface area (Å²) in [6, 6.07) is 14.1. The first-order chi connectivity index (χ1) is 10.1. The molecule has 0 spiro atoms. The summed E-state index contributed by atoms with van der Waals surface area (Å²) in [6.45, 7) is 0. The predicted molar refractivity (Wildman–Crippen MR) is 78.6 cm³/mol. The fraction of sp³-hybridized carbons (Fsp3) is 0.188. The topological polar surface area (TPSA) is 70.8 Å². The predicted octanol–water partition coefficient (Wildman–Crippen LogP) is 2.31. The molecule has 0 fully saturated rings. The highest BCUT2D eigenvalue weighted by molar-refractivity contribution is 5.81. The van der Waals surface area contributed by atoms with E-state index in [2.05, 4.69) is 0 Å². The number of methoxy groups -OCH3 is 2. The molecule has 0 heterocycles. The molecule has 0 aliphatic rings. The van der Waals surface area contributed by atoms with E-state index >= 15 is 0 Å². The van der Waals surface area contributed by atoms with Crippen LogP contribution < -0.4 is 19.9 Å². The molecule has 21 heavy (non-hydrogen) atoms. The Hall–Kier alpha value is -2.69. The summed E-state index contributed by atoms with van der Waals surface area (Å²) < 4.78 is 16.1. The van der Waals surface area contributed by atoms with E-state index in [9.17, 15) is 4.79 Å². The molecule has 2 N–H and O–H groups in total. The summed E-state index contributed by atoms with van der Waals surface area (Å²) in [5.41, 5.74) is 6.03. The summed E-state index contributed by atoms with van der Waals surface area (Å²) in [6.07, 6.45) is -0.920.